The minimum atomic E-state index is -0.351. The van der Waals surface area contributed by atoms with E-state index in [2.05, 4.69) is 20.4 Å². The molecule has 1 amide bonds. The van der Waals surface area contributed by atoms with Crippen LogP contribution in [0.1, 0.15) is 28.0 Å². The Bertz CT molecular complexity index is 987. The number of rotatable bonds is 7. The first-order chi connectivity index (χ1) is 13.5. The lowest BCUT2D eigenvalue weighted by Gasteiger charge is -2.08. The molecule has 0 atom stereocenters. The van der Waals surface area contributed by atoms with Crippen molar-refractivity contribution in [2.24, 2.45) is 0 Å². The Morgan fingerprint density at radius 3 is 2.86 bits per heavy atom. The average Bonchev–Trinajstić information content (AvgIpc) is 3.32. The molecular formula is C18H18IN5O3S. The van der Waals surface area contributed by atoms with Gasteiger partial charge in [0.2, 0.25) is 0 Å². The highest BCUT2D eigenvalue weighted by atomic mass is 127. The molecule has 3 aromatic rings. The highest BCUT2D eigenvalue weighted by Crippen LogP contribution is 2.26. The molecular weight excluding hydrogens is 493 g/mol. The molecule has 0 aliphatic carbocycles. The van der Waals surface area contributed by atoms with Gasteiger partial charge >= 0.3 is 5.97 Å². The number of hydrogen-bond donors (Lipinski definition) is 1. The number of nitrogens with zero attached hydrogens (tertiary/aromatic N) is 4. The normalized spacial score (nSPS) is 10.7. The first kappa shape index (κ1) is 20.4. The van der Waals surface area contributed by atoms with Crippen LogP contribution in [0.5, 0.6) is 0 Å². The lowest BCUT2D eigenvalue weighted by Crippen LogP contribution is -2.27. The number of ether oxygens (including phenoxy) is 1. The lowest BCUT2D eigenvalue weighted by molar-refractivity contribution is -0.140. The Kier molecular flexibility index (Phi) is 6.73. The maximum Gasteiger partial charge on any atom is 0.308 e. The fourth-order valence-corrected chi connectivity index (χ4v) is 3.66. The van der Waals surface area contributed by atoms with Crippen LogP contribution in [0.3, 0.4) is 0 Å². The maximum absolute atomic E-state index is 12.4. The molecule has 0 aromatic carbocycles. The Balaban J connectivity index is 1.77. The second-order valence-corrected chi connectivity index (χ2v) is 7.44. The van der Waals surface area contributed by atoms with Crippen LogP contribution in [0.15, 0.2) is 29.9 Å². The first-order valence-corrected chi connectivity index (χ1v) is 10.8. The van der Waals surface area contributed by atoms with E-state index in [-0.39, 0.29) is 24.8 Å². The topological polar surface area (TPSA) is 99.0 Å². The van der Waals surface area contributed by atoms with E-state index in [9.17, 15) is 9.59 Å². The minimum Gasteiger partial charge on any atom is -0.455 e. The number of esters is 1. The molecule has 28 heavy (non-hydrogen) atoms. The summed E-state index contributed by atoms with van der Waals surface area (Å²) in [4.78, 5) is 33.8. The van der Waals surface area contributed by atoms with Crippen molar-refractivity contribution in [2.75, 3.05) is 11.2 Å². The van der Waals surface area contributed by atoms with E-state index in [0.29, 0.717) is 21.8 Å². The van der Waals surface area contributed by atoms with E-state index in [0.717, 1.165) is 16.1 Å². The van der Waals surface area contributed by atoms with Crippen molar-refractivity contribution in [3.8, 4) is 16.5 Å². The summed E-state index contributed by atoms with van der Waals surface area (Å²) >= 11 is 3.55. The molecule has 3 heterocycles. The first-order valence-electron chi connectivity index (χ1n) is 8.43. The Labute approximate surface area is 179 Å². The Morgan fingerprint density at radius 1 is 1.32 bits per heavy atom. The summed E-state index contributed by atoms with van der Waals surface area (Å²) in [6.45, 7) is 3.93. The van der Waals surface area contributed by atoms with Crippen molar-refractivity contribution in [1.82, 2.24) is 25.1 Å². The van der Waals surface area contributed by atoms with Crippen LogP contribution in [0.4, 0.5) is 0 Å². The van der Waals surface area contributed by atoms with E-state index in [1.807, 2.05) is 47.0 Å². The third kappa shape index (κ3) is 4.55. The second-order valence-electron chi connectivity index (χ2n) is 5.87. The van der Waals surface area contributed by atoms with Gasteiger partial charge in [0.1, 0.15) is 4.61 Å². The number of aryl methyl sites for hydroxylation is 1. The van der Waals surface area contributed by atoms with Crippen molar-refractivity contribution in [3.63, 3.8) is 0 Å². The summed E-state index contributed by atoms with van der Waals surface area (Å²) in [5.41, 5.74) is 2.83. The van der Waals surface area contributed by atoms with Gasteiger partial charge in [0.25, 0.3) is 11.9 Å². The standard InChI is InChI=1S/C18H18IN5O3S/c1-11-8-21-18(23-16(11)14-4-3-7-28-14)24-12(2)13(9-22-24)17(26)20-6-5-15(25)27-10-19/h3-4,7-9H,5-6,10H2,1-2H3,(H,20,26). The van der Waals surface area contributed by atoms with Crippen LogP contribution in [0.2, 0.25) is 0 Å². The van der Waals surface area contributed by atoms with Gasteiger partial charge in [0, 0.05) is 12.7 Å². The smallest absolute Gasteiger partial charge is 0.308 e. The number of thiophene rings is 1. The van der Waals surface area contributed by atoms with Crippen molar-refractivity contribution in [3.05, 3.63) is 46.7 Å². The molecule has 0 fully saturated rings. The number of alkyl halides is 1. The number of amides is 1. The SMILES string of the molecule is Cc1cnc(-n2ncc(C(=O)NCCC(=O)OCI)c2C)nc1-c1cccs1. The van der Waals surface area contributed by atoms with Gasteiger partial charge in [0.05, 0.1) is 34.4 Å². The fraction of sp³-hybridized carbons (Fsp3) is 0.278. The monoisotopic (exact) mass is 511 g/mol. The molecule has 0 bridgehead atoms. The van der Waals surface area contributed by atoms with E-state index in [4.69, 9.17) is 4.74 Å². The molecule has 0 saturated heterocycles. The van der Waals surface area contributed by atoms with Crippen LogP contribution < -0.4 is 5.32 Å². The summed E-state index contributed by atoms with van der Waals surface area (Å²) < 4.78 is 6.66. The second kappa shape index (κ2) is 9.24. The van der Waals surface area contributed by atoms with E-state index in [1.54, 1.807) is 24.5 Å². The quantitative estimate of drug-likeness (QED) is 0.298. The fourth-order valence-electron chi connectivity index (χ4n) is 2.54. The molecule has 10 heteroatoms. The van der Waals surface area contributed by atoms with Crippen LogP contribution in [-0.2, 0) is 9.53 Å². The average molecular weight is 511 g/mol. The predicted molar refractivity (Wildman–Crippen MR) is 114 cm³/mol. The molecule has 0 aliphatic heterocycles. The number of nitrogens with one attached hydrogen (secondary N) is 1. The summed E-state index contributed by atoms with van der Waals surface area (Å²) in [5, 5.41) is 8.97. The lowest BCUT2D eigenvalue weighted by atomic mass is 10.2. The molecule has 0 saturated carbocycles. The summed E-state index contributed by atoms with van der Waals surface area (Å²) in [7, 11) is 0. The minimum absolute atomic E-state index is 0.118. The maximum atomic E-state index is 12.4. The number of carbonyl (C=O) groups is 2. The van der Waals surface area contributed by atoms with Crippen molar-refractivity contribution in [2.45, 2.75) is 20.3 Å². The molecule has 3 rings (SSSR count). The van der Waals surface area contributed by atoms with Gasteiger partial charge in [-0.1, -0.05) is 6.07 Å². The summed E-state index contributed by atoms with van der Waals surface area (Å²) in [6.07, 6.45) is 3.34. The molecule has 8 nitrogen and oxygen atoms in total. The van der Waals surface area contributed by atoms with Gasteiger partial charge in [-0.05, 0) is 53.4 Å². The third-order valence-electron chi connectivity index (χ3n) is 3.99. The van der Waals surface area contributed by atoms with E-state index >= 15 is 0 Å². The van der Waals surface area contributed by atoms with Crippen LogP contribution in [-0.4, -0.2) is 42.8 Å². The molecule has 0 radical (unpaired) electrons. The molecule has 0 aliphatic rings. The zero-order chi connectivity index (χ0) is 20.1. The molecule has 1 N–H and O–H groups in total. The highest BCUT2D eigenvalue weighted by molar-refractivity contribution is 14.1. The van der Waals surface area contributed by atoms with Crippen molar-refractivity contribution in [1.29, 1.82) is 0 Å². The van der Waals surface area contributed by atoms with Crippen LogP contribution in [0.25, 0.3) is 16.5 Å². The van der Waals surface area contributed by atoms with Gasteiger partial charge in [-0.3, -0.25) is 9.59 Å². The number of hydrogen-bond acceptors (Lipinski definition) is 7. The Morgan fingerprint density at radius 2 is 2.14 bits per heavy atom. The summed E-state index contributed by atoms with van der Waals surface area (Å²) in [6, 6.07) is 3.97. The van der Waals surface area contributed by atoms with Gasteiger partial charge in [-0.2, -0.15) is 5.10 Å². The molecule has 146 valence electrons. The number of aromatic nitrogens is 4. The molecule has 3 aromatic heterocycles. The van der Waals surface area contributed by atoms with Crippen LogP contribution >= 0.6 is 33.9 Å². The predicted octanol–water partition coefficient (Wildman–Crippen LogP) is 3.06. The van der Waals surface area contributed by atoms with Crippen molar-refractivity contribution < 1.29 is 14.3 Å². The van der Waals surface area contributed by atoms with Gasteiger partial charge < -0.3 is 10.1 Å². The molecule has 0 spiro atoms. The van der Waals surface area contributed by atoms with Crippen molar-refractivity contribution >= 4 is 45.8 Å². The summed E-state index contributed by atoms with van der Waals surface area (Å²) in [5.74, 6) is -0.260. The largest absolute Gasteiger partial charge is 0.455 e. The van der Waals surface area contributed by atoms with Crippen LogP contribution in [0, 0.1) is 13.8 Å². The third-order valence-corrected chi connectivity index (χ3v) is 5.18. The highest BCUT2D eigenvalue weighted by Gasteiger charge is 2.18. The van der Waals surface area contributed by atoms with E-state index < -0.39 is 0 Å². The zero-order valence-electron chi connectivity index (χ0n) is 15.3. The molecule has 0 unspecified atom stereocenters. The van der Waals surface area contributed by atoms with Gasteiger partial charge in [0.15, 0.2) is 0 Å². The number of carbonyl (C=O) groups excluding carboxylic acids is 2. The Hall–Kier alpha value is -2.34. The zero-order valence-corrected chi connectivity index (χ0v) is 18.3. The van der Waals surface area contributed by atoms with Gasteiger partial charge in [-0.15, -0.1) is 11.3 Å². The van der Waals surface area contributed by atoms with E-state index in [1.165, 1.54) is 10.9 Å². The van der Waals surface area contributed by atoms with Gasteiger partial charge in [-0.25, -0.2) is 14.6 Å². The number of halogens is 1.